The van der Waals surface area contributed by atoms with Crippen molar-refractivity contribution < 1.29 is 4.79 Å². The molecule has 0 aliphatic heterocycles. The number of amides is 1. The van der Waals surface area contributed by atoms with E-state index in [9.17, 15) is 4.79 Å². The van der Waals surface area contributed by atoms with E-state index < -0.39 is 0 Å². The number of nitrogens with zero attached hydrogens (tertiary/aromatic N) is 3. The van der Waals surface area contributed by atoms with Gasteiger partial charge in [-0.2, -0.15) is 0 Å². The Morgan fingerprint density at radius 3 is 2.57 bits per heavy atom. The first-order valence-corrected chi connectivity index (χ1v) is 9.51. The summed E-state index contributed by atoms with van der Waals surface area (Å²) >= 11 is 0. The molecule has 0 saturated carbocycles. The van der Waals surface area contributed by atoms with Crippen LogP contribution in [-0.4, -0.2) is 55.4 Å². The SMILES string of the molecule is CNCN=C(C(=O)NC(C)C)c1cc(-c2cncc(CN(C)C)c2)ccc1C. The van der Waals surface area contributed by atoms with Crippen molar-refractivity contribution in [3.63, 3.8) is 0 Å². The molecule has 0 aliphatic rings. The monoisotopic (exact) mass is 381 g/mol. The van der Waals surface area contributed by atoms with Gasteiger partial charge >= 0.3 is 0 Å². The van der Waals surface area contributed by atoms with Gasteiger partial charge in [-0.15, -0.1) is 0 Å². The third-order valence-corrected chi connectivity index (χ3v) is 4.15. The van der Waals surface area contributed by atoms with Crippen LogP contribution in [0.5, 0.6) is 0 Å². The first-order valence-electron chi connectivity index (χ1n) is 9.51. The maximum Gasteiger partial charge on any atom is 0.270 e. The second-order valence-electron chi connectivity index (χ2n) is 7.50. The van der Waals surface area contributed by atoms with Crippen LogP contribution in [0.4, 0.5) is 0 Å². The molecule has 2 rings (SSSR count). The zero-order valence-corrected chi connectivity index (χ0v) is 17.7. The molecule has 0 atom stereocenters. The summed E-state index contributed by atoms with van der Waals surface area (Å²) in [7, 11) is 5.88. The Morgan fingerprint density at radius 1 is 1.18 bits per heavy atom. The van der Waals surface area contributed by atoms with E-state index in [0.717, 1.165) is 34.4 Å². The summed E-state index contributed by atoms with van der Waals surface area (Å²) in [5, 5.41) is 5.94. The van der Waals surface area contributed by atoms with E-state index in [0.29, 0.717) is 12.4 Å². The summed E-state index contributed by atoms with van der Waals surface area (Å²) < 4.78 is 0. The molecule has 0 unspecified atom stereocenters. The molecule has 2 aromatic rings. The standard InChI is InChI=1S/C22H31N5O/c1-15(2)26-22(28)21(25-14-23-4)20-10-18(8-7-16(20)3)19-9-17(11-24-12-19)13-27(5)6/h7-12,15,23H,13-14H2,1-6H3,(H,26,28). The highest BCUT2D eigenvalue weighted by Crippen LogP contribution is 2.24. The van der Waals surface area contributed by atoms with Crippen molar-refractivity contribution in [1.82, 2.24) is 20.5 Å². The van der Waals surface area contributed by atoms with Crippen LogP contribution >= 0.6 is 0 Å². The minimum atomic E-state index is -0.162. The summed E-state index contributed by atoms with van der Waals surface area (Å²) in [6.07, 6.45) is 3.74. The second-order valence-corrected chi connectivity index (χ2v) is 7.50. The quantitative estimate of drug-likeness (QED) is 0.690. The summed E-state index contributed by atoms with van der Waals surface area (Å²) in [5.74, 6) is -0.162. The van der Waals surface area contributed by atoms with Crippen LogP contribution in [-0.2, 0) is 11.3 Å². The van der Waals surface area contributed by atoms with E-state index in [1.165, 1.54) is 0 Å². The highest BCUT2D eigenvalue weighted by Gasteiger charge is 2.18. The lowest BCUT2D eigenvalue weighted by Gasteiger charge is -2.15. The van der Waals surface area contributed by atoms with Gasteiger partial charge in [-0.3, -0.25) is 14.8 Å². The molecule has 2 N–H and O–H groups in total. The Labute approximate surface area is 168 Å². The number of carbonyl (C=O) groups is 1. The molecule has 0 spiro atoms. The lowest BCUT2D eigenvalue weighted by atomic mass is 9.96. The van der Waals surface area contributed by atoms with Gasteiger partial charge in [0.1, 0.15) is 5.71 Å². The minimum Gasteiger partial charge on any atom is -0.349 e. The number of hydrogen-bond acceptors (Lipinski definition) is 5. The first-order chi connectivity index (χ1) is 13.3. The highest BCUT2D eigenvalue weighted by molar-refractivity contribution is 6.45. The zero-order valence-electron chi connectivity index (χ0n) is 17.7. The normalized spacial score (nSPS) is 11.9. The number of rotatable bonds is 8. The topological polar surface area (TPSA) is 69.6 Å². The lowest BCUT2D eigenvalue weighted by Crippen LogP contribution is -2.37. The Morgan fingerprint density at radius 2 is 1.93 bits per heavy atom. The average molecular weight is 382 g/mol. The van der Waals surface area contributed by atoms with E-state index in [1.54, 1.807) is 0 Å². The van der Waals surface area contributed by atoms with Crippen LogP contribution in [0.25, 0.3) is 11.1 Å². The number of pyridine rings is 1. The first kappa shape index (κ1) is 21.7. The molecule has 1 aromatic carbocycles. The van der Waals surface area contributed by atoms with Crippen LogP contribution < -0.4 is 10.6 Å². The van der Waals surface area contributed by atoms with Gasteiger partial charge in [0.05, 0.1) is 6.67 Å². The molecule has 1 aromatic heterocycles. The zero-order chi connectivity index (χ0) is 20.7. The number of carbonyl (C=O) groups excluding carboxylic acids is 1. The molecule has 6 nitrogen and oxygen atoms in total. The molecule has 0 fully saturated rings. The van der Waals surface area contributed by atoms with E-state index >= 15 is 0 Å². The summed E-state index contributed by atoms with van der Waals surface area (Å²) in [6.45, 7) is 7.09. The van der Waals surface area contributed by atoms with Crippen LogP contribution in [0, 0.1) is 6.92 Å². The number of aromatic nitrogens is 1. The fraction of sp³-hybridized carbons (Fsp3) is 0.409. The van der Waals surface area contributed by atoms with Gasteiger partial charge in [0, 0.05) is 36.1 Å². The van der Waals surface area contributed by atoms with Crippen LogP contribution in [0.15, 0.2) is 41.7 Å². The second kappa shape index (κ2) is 10.1. The number of aliphatic imine (C=N–C) groups is 1. The van der Waals surface area contributed by atoms with E-state index in [4.69, 9.17) is 0 Å². The third kappa shape index (κ3) is 5.97. The fourth-order valence-corrected chi connectivity index (χ4v) is 2.92. The largest absolute Gasteiger partial charge is 0.349 e. The molecule has 6 heteroatoms. The molecule has 1 amide bonds. The Hall–Kier alpha value is -2.57. The molecule has 1 heterocycles. The number of nitrogens with one attached hydrogen (secondary N) is 2. The van der Waals surface area contributed by atoms with Gasteiger partial charge in [0.25, 0.3) is 5.91 Å². The smallest absolute Gasteiger partial charge is 0.270 e. The highest BCUT2D eigenvalue weighted by atomic mass is 16.1. The molecule has 0 aliphatic carbocycles. The minimum absolute atomic E-state index is 0.0442. The lowest BCUT2D eigenvalue weighted by molar-refractivity contribution is -0.115. The molecule has 0 saturated heterocycles. The number of hydrogen-bond donors (Lipinski definition) is 2. The predicted molar refractivity (Wildman–Crippen MR) is 116 cm³/mol. The van der Waals surface area contributed by atoms with Crippen molar-refractivity contribution in [3.05, 3.63) is 53.3 Å². The van der Waals surface area contributed by atoms with Crippen LogP contribution in [0.3, 0.4) is 0 Å². The summed E-state index contributed by atoms with van der Waals surface area (Å²) in [4.78, 5) is 23.7. The molecular formula is C22H31N5O. The van der Waals surface area contributed by atoms with Crippen molar-refractivity contribution in [3.8, 4) is 11.1 Å². The van der Waals surface area contributed by atoms with Gasteiger partial charge < -0.3 is 15.5 Å². The number of benzene rings is 1. The van der Waals surface area contributed by atoms with Gasteiger partial charge in [-0.25, -0.2) is 0 Å². The third-order valence-electron chi connectivity index (χ3n) is 4.15. The van der Waals surface area contributed by atoms with Crippen molar-refractivity contribution >= 4 is 11.6 Å². The van der Waals surface area contributed by atoms with Gasteiger partial charge in [-0.1, -0.05) is 12.1 Å². The Kier molecular flexibility index (Phi) is 7.84. The van der Waals surface area contributed by atoms with Crippen molar-refractivity contribution in [2.24, 2.45) is 4.99 Å². The molecule has 0 radical (unpaired) electrons. The van der Waals surface area contributed by atoms with Gasteiger partial charge in [-0.05, 0) is 70.7 Å². The number of aryl methyl sites for hydroxylation is 1. The molecular weight excluding hydrogens is 350 g/mol. The predicted octanol–water partition coefficient (Wildman–Crippen LogP) is 2.61. The van der Waals surface area contributed by atoms with Crippen LogP contribution in [0.2, 0.25) is 0 Å². The van der Waals surface area contributed by atoms with Gasteiger partial charge in [0.15, 0.2) is 0 Å². The molecule has 28 heavy (non-hydrogen) atoms. The maximum absolute atomic E-state index is 12.7. The maximum atomic E-state index is 12.7. The van der Waals surface area contributed by atoms with Crippen molar-refractivity contribution in [2.75, 3.05) is 27.8 Å². The van der Waals surface area contributed by atoms with E-state index in [2.05, 4.69) is 37.6 Å². The fourth-order valence-electron chi connectivity index (χ4n) is 2.92. The van der Waals surface area contributed by atoms with Crippen molar-refractivity contribution in [2.45, 2.75) is 33.4 Å². The van der Waals surface area contributed by atoms with Crippen LogP contribution in [0.1, 0.15) is 30.5 Å². The summed E-state index contributed by atoms with van der Waals surface area (Å²) in [5.41, 5.74) is 5.48. The molecule has 0 bridgehead atoms. The van der Waals surface area contributed by atoms with Crippen molar-refractivity contribution in [1.29, 1.82) is 0 Å². The average Bonchev–Trinajstić information content (AvgIpc) is 2.62. The molecule has 150 valence electrons. The van der Waals surface area contributed by atoms with E-state index in [-0.39, 0.29) is 11.9 Å². The van der Waals surface area contributed by atoms with Gasteiger partial charge in [0.2, 0.25) is 0 Å². The van der Waals surface area contributed by atoms with E-state index in [1.807, 2.05) is 66.4 Å². The summed E-state index contributed by atoms with van der Waals surface area (Å²) in [6, 6.07) is 8.30. The Bertz CT molecular complexity index is 843. The Balaban J connectivity index is 2.47.